The van der Waals surface area contributed by atoms with Crippen molar-refractivity contribution in [2.45, 2.75) is 0 Å². The topological polar surface area (TPSA) is 90.0 Å². The number of rotatable bonds is 1. The standard InChI is InChI=1S/C9H7FN4O2S/c10-6-3-14(9(16)13-7(6)11)8(15)12-5-1-2-17-4-5/h1-4H,(H,12,15)(H2,11,13,16). The van der Waals surface area contributed by atoms with Gasteiger partial charge in [0.15, 0.2) is 11.6 Å². The maximum atomic E-state index is 13.1. The number of nitrogen functional groups attached to an aromatic ring is 1. The second kappa shape index (κ2) is 4.34. The molecule has 0 spiro atoms. The highest BCUT2D eigenvalue weighted by Gasteiger charge is 2.11. The van der Waals surface area contributed by atoms with Gasteiger partial charge >= 0.3 is 11.7 Å². The third-order valence-corrected chi connectivity index (χ3v) is 2.58. The van der Waals surface area contributed by atoms with Gasteiger partial charge < -0.3 is 11.1 Å². The van der Waals surface area contributed by atoms with Crippen molar-refractivity contribution in [1.29, 1.82) is 0 Å². The first-order valence-corrected chi connectivity index (χ1v) is 5.40. The van der Waals surface area contributed by atoms with E-state index in [0.717, 1.165) is 0 Å². The van der Waals surface area contributed by atoms with Crippen LogP contribution in [0.25, 0.3) is 0 Å². The number of nitrogens with two attached hydrogens (primary N) is 1. The van der Waals surface area contributed by atoms with Crippen LogP contribution < -0.4 is 16.7 Å². The molecule has 2 aromatic heterocycles. The summed E-state index contributed by atoms with van der Waals surface area (Å²) in [7, 11) is 0. The molecule has 0 aliphatic rings. The van der Waals surface area contributed by atoms with E-state index in [-0.39, 0.29) is 0 Å². The minimum Gasteiger partial charge on any atom is -0.381 e. The number of aromatic nitrogens is 2. The van der Waals surface area contributed by atoms with E-state index >= 15 is 0 Å². The van der Waals surface area contributed by atoms with Gasteiger partial charge in [-0.2, -0.15) is 16.3 Å². The Morgan fingerprint density at radius 2 is 2.35 bits per heavy atom. The van der Waals surface area contributed by atoms with E-state index in [9.17, 15) is 14.0 Å². The lowest BCUT2D eigenvalue weighted by atomic mass is 10.5. The number of carbonyl (C=O) groups excluding carboxylic acids is 1. The Kier molecular flexibility index (Phi) is 2.88. The van der Waals surface area contributed by atoms with Gasteiger partial charge in [-0.05, 0) is 11.4 Å². The second-order valence-corrected chi connectivity index (χ2v) is 3.85. The highest BCUT2D eigenvalue weighted by atomic mass is 32.1. The van der Waals surface area contributed by atoms with E-state index < -0.39 is 23.4 Å². The van der Waals surface area contributed by atoms with Crippen LogP contribution in [-0.2, 0) is 0 Å². The summed E-state index contributed by atoms with van der Waals surface area (Å²) in [5.41, 5.74) is 4.68. The number of thiophene rings is 1. The lowest BCUT2D eigenvalue weighted by molar-refractivity contribution is 0.252. The first-order valence-electron chi connectivity index (χ1n) is 4.46. The molecule has 0 unspecified atom stereocenters. The average molecular weight is 254 g/mol. The quantitative estimate of drug-likeness (QED) is 0.797. The molecule has 2 heterocycles. The molecule has 0 aliphatic heterocycles. The van der Waals surface area contributed by atoms with Gasteiger partial charge in [0.05, 0.1) is 11.9 Å². The number of anilines is 2. The Hall–Kier alpha value is -2.22. The molecule has 3 N–H and O–H groups in total. The Bertz CT molecular complexity index is 608. The molecule has 88 valence electrons. The zero-order valence-corrected chi connectivity index (χ0v) is 9.20. The maximum Gasteiger partial charge on any atom is 0.357 e. The molecule has 0 radical (unpaired) electrons. The summed E-state index contributed by atoms with van der Waals surface area (Å²) in [6, 6.07) is 0.856. The van der Waals surface area contributed by atoms with Crippen molar-refractivity contribution in [2.24, 2.45) is 0 Å². The van der Waals surface area contributed by atoms with Crippen LogP contribution in [0.4, 0.5) is 20.7 Å². The monoisotopic (exact) mass is 254 g/mol. The van der Waals surface area contributed by atoms with E-state index in [1.807, 2.05) is 0 Å². The lowest BCUT2D eigenvalue weighted by Crippen LogP contribution is -2.33. The van der Waals surface area contributed by atoms with E-state index in [1.165, 1.54) is 11.3 Å². The Morgan fingerprint density at radius 3 is 3.00 bits per heavy atom. The number of hydrogen-bond donors (Lipinski definition) is 2. The second-order valence-electron chi connectivity index (χ2n) is 3.07. The SMILES string of the molecule is Nc1nc(=O)n(C(=O)Nc2ccsc2)cc1F. The van der Waals surface area contributed by atoms with Crippen LogP contribution in [0.2, 0.25) is 0 Å². The Labute approximate surface area is 98.5 Å². The molecule has 6 nitrogen and oxygen atoms in total. The number of nitrogens with one attached hydrogen (secondary N) is 1. The van der Waals surface area contributed by atoms with E-state index in [1.54, 1.807) is 16.8 Å². The minimum absolute atomic E-state index is 0.517. The predicted octanol–water partition coefficient (Wildman–Crippen LogP) is 1.11. The zero-order valence-electron chi connectivity index (χ0n) is 8.38. The molecule has 0 bridgehead atoms. The molecule has 0 atom stereocenters. The number of nitrogens with zero attached hydrogens (tertiary/aromatic N) is 2. The Balaban J connectivity index is 2.31. The molecule has 1 amide bonds. The first-order chi connectivity index (χ1) is 8.08. The summed E-state index contributed by atoms with van der Waals surface area (Å²) < 4.78 is 13.6. The molecule has 0 aliphatic carbocycles. The minimum atomic E-state index is -0.934. The molecule has 0 saturated heterocycles. The molecule has 2 aromatic rings. The van der Waals surface area contributed by atoms with Crippen molar-refractivity contribution in [1.82, 2.24) is 9.55 Å². The maximum absolute atomic E-state index is 13.1. The summed E-state index contributed by atoms with van der Waals surface area (Å²) in [6.07, 6.45) is 0.701. The van der Waals surface area contributed by atoms with Gasteiger partial charge in [-0.25, -0.2) is 18.5 Å². The smallest absolute Gasteiger partial charge is 0.357 e. The van der Waals surface area contributed by atoms with Crippen molar-refractivity contribution in [3.05, 3.63) is 39.3 Å². The number of carbonyl (C=O) groups is 1. The molecule has 8 heteroatoms. The van der Waals surface area contributed by atoms with Gasteiger partial charge in [-0.3, -0.25) is 0 Å². The molecule has 0 aromatic carbocycles. The van der Waals surface area contributed by atoms with Crippen molar-refractivity contribution in [3.63, 3.8) is 0 Å². The van der Waals surface area contributed by atoms with Crippen LogP contribution in [0.1, 0.15) is 0 Å². The first kappa shape index (κ1) is 11.3. The van der Waals surface area contributed by atoms with Gasteiger partial charge in [0, 0.05) is 5.38 Å². The van der Waals surface area contributed by atoms with E-state index in [2.05, 4.69) is 10.3 Å². The fourth-order valence-corrected chi connectivity index (χ4v) is 1.70. The number of amides is 1. The van der Waals surface area contributed by atoms with Crippen LogP contribution in [0.5, 0.6) is 0 Å². The van der Waals surface area contributed by atoms with Gasteiger partial charge in [0.25, 0.3) is 0 Å². The van der Waals surface area contributed by atoms with Crippen molar-refractivity contribution in [3.8, 4) is 0 Å². The van der Waals surface area contributed by atoms with Crippen LogP contribution in [0.3, 0.4) is 0 Å². The fourth-order valence-electron chi connectivity index (χ4n) is 1.11. The lowest BCUT2D eigenvalue weighted by Gasteiger charge is -2.05. The molecule has 0 saturated carbocycles. The zero-order chi connectivity index (χ0) is 12.4. The highest BCUT2D eigenvalue weighted by Crippen LogP contribution is 2.12. The normalized spacial score (nSPS) is 10.2. The summed E-state index contributed by atoms with van der Waals surface area (Å²) in [5, 5.41) is 5.83. The van der Waals surface area contributed by atoms with Crippen LogP contribution in [-0.4, -0.2) is 15.6 Å². The van der Waals surface area contributed by atoms with Crippen LogP contribution >= 0.6 is 11.3 Å². The van der Waals surface area contributed by atoms with Gasteiger partial charge in [0.1, 0.15) is 0 Å². The predicted molar refractivity (Wildman–Crippen MR) is 61.6 cm³/mol. The summed E-state index contributed by atoms with van der Waals surface area (Å²) in [5.74, 6) is -1.46. The van der Waals surface area contributed by atoms with Crippen LogP contribution in [0, 0.1) is 5.82 Å². The van der Waals surface area contributed by atoms with Gasteiger partial charge in [-0.1, -0.05) is 0 Å². The van der Waals surface area contributed by atoms with Crippen molar-refractivity contribution >= 4 is 28.9 Å². The molecule has 17 heavy (non-hydrogen) atoms. The van der Waals surface area contributed by atoms with E-state index in [0.29, 0.717) is 16.5 Å². The molecule has 0 fully saturated rings. The highest BCUT2D eigenvalue weighted by molar-refractivity contribution is 7.08. The molecular formula is C9H7FN4O2S. The Morgan fingerprint density at radius 1 is 1.59 bits per heavy atom. The largest absolute Gasteiger partial charge is 0.381 e. The average Bonchev–Trinajstić information content (AvgIpc) is 2.76. The fraction of sp³-hybridized carbons (Fsp3) is 0. The summed E-state index contributed by atoms with van der Waals surface area (Å²) in [6.45, 7) is 0. The number of hydrogen-bond acceptors (Lipinski definition) is 5. The van der Waals surface area contributed by atoms with Crippen molar-refractivity contribution < 1.29 is 9.18 Å². The van der Waals surface area contributed by atoms with Crippen LogP contribution in [0.15, 0.2) is 27.8 Å². The summed E-state index contributed by atoms with van der Waals surface area (Å²) >= 11 is 1.37. The van der Waals surface area contributed by atoms with Gasteiger partial charge in [-0.15, -0.1) is 0 Å². The summed E-state index contributed by atoms with van der Waals surface area (Å²) in [4.78, 5) is 26.1. The third kappa shape index (κ3) is 2.31. The number of halogens is 1. The molecule has 2 rings (SSSR count). The van der Waals surface area contributed by atoms with Crippen molar-refractivity contribution in [2.75, 3.05) is 11.1 Å². The van der Waals surface area contributed by atoms with Gasteiger partial charge in [0.2, 0.25) is 0 Å². The molecular weight excluding hydrogens is 247 g/mol. The third-order valence-electron chi connectivity index (χ3n) is 1.90. The van der Waals surface area contributed by atoms with E-state index in [4.69, 9.17) is 5.73 Å².